The lowest BCUT2D eigenvalue weighted by molar-refractivity contribution is -0.139. The number of carbonyl (C=O) groups is 2. The number of carboxylic acid groups (broad SMARTS) is 1. The van der Waals surface area contributed by atoms with E-state index in [1.54, 1.807) is 20.8 Å². The topological polar surface area (TPSA) is 75.6 Å². The van der Waals surface area contributed by atoms with Crippen LogP contribution in [-0.2, 0) is 16.0 Å². The van der Waals surface area contributed by atoms with Crippen molar-refractivity contribution in [3.05, 3.63) is 34.4 Å². The maximum atomic E-state index is 13.8. The summed E-state index contributed by atoms with van der Waals surface area (Å²) >= 11 is 5.46. The Morgan fingerprint density at radius 1 is 1.35 bits per heavy atom. The molecular formula is C15H18ClF2NO4. The first kappa shape index (κ1) is 19.2. The first-order chi connectivity index (χ1) is 10.5. The molecule has 0 aliphatic heterocycles. The van der Waals surface area contributed by atoms with Crippen LogP contribution in [0, 0.1) is 11.6 Å². The Morgan fingerprint density at radius 2 is 1.96 bits per heavy atom. The summed E-state index contributed by atoms with van der Waals surface area (Å²) in [5.74, 6) is -3.12. The molecule has 0 saturated carbocycles. The summed E-state index contributed by atoms with van der Waals surface area (Å²) in [6.45, 7) is 4.91. The number of halogens is 3. The van der Waals surface area contributed by atoms with Crippen LogP contribution in [0.3, 0.4) is 0 Å². The summed E-state index contributed by atoms with van der Waals surface area (Å²) in [5.41, 5.74) is -0.711. The predicted octanol–water partition coefficient (Wildman–Crippen LogP) is 3.53. The highest BCUT2D eigenvalue weighted by Gasteiger charge is 2.24. The van der Waals surface area contributed by atoms with Gasteiger partial charge >= 0.3 is 12.1 Å². The van der Waals surface area contributed by atoms with E-state index < -0.39 is 40.4 Å². The van der Waals surface area contributed by atoms with Gasteiger partial charge in [0, 0.05) is 0 Å². The standard InChI is InChI=1S/C15H18ClF2NO4/c1-15(2,3)23-14(22)19-10(13(20)21)7-5-8-4-6-9(17)11(16)12(8)18/h4,6,10H,5,7H2,1-3H3,(H,19,22)(H,20,21)/t10-/m0/s1. The highest BCUT2D eigenvalue weighted by molar-refractivity contribution is 6.30. The lowest BCUT2D eigenvalue weighted by Gasteiger charge is -2.22. The average Bonchev–Trinajstić information content (AvgIpc) is 2.40. The van der Waals surface area contributed by atoms with E-state index in [1.807, 2.05) is 0 Å². The average molecular weight is 350 g/mol. The van der Waals surface area contributed by atoms with E-state index in [0.717, 1.165) is 6.07 Å². The van der Waals surface area contributed by atoms with Gasteiger partial charge in [-0.25, -0.2) is 18.4 Å². The number of alkyl carbamates (subject to hydrolysis) is 1. The van der Waals surface area contributed by atoms with Gasteiger partial charge in [0.1, 0.15) is 28.3 Å². The molecule has 0 aliphatic rings. The van der Waals surface area contributed by atoms with Crippen LogP contribution < -0.4 is 5.32 Å². The Hall–Kier alpha value is -1.89. The number of nitrogens with one attached hydrogen (secondary N) is 1. The van der Waals surface area contributed by atoms with E-state index in [1.165, 1.54) is 6.07 Å². The first-order valence-corrected chi connectivity index (χ1v) is 7.23. The number of amides is 1. The van der Waals surface area contributed by atoms with Crippen molar-refractivity contribution in [1.29, 1.82) is 0 Å². The molecule has 0 saturated heterocycles. The number of ether oxygens (including phenoxy) is 1. The van der Waals surface area contributed by atoms with Gasteiger partial charge < -0.3 is 15.2 Å². The second-order valence-corrected chi connectivity index (χ2v) is 6.29. The van der Waals surface area contributed by atoms with Crippen LogP contribution in [0.4, 0.5) is 13.6 Å². The number of hydrogen-bond acceptors (Lipinski definition) is 3. The van der Waals surface area contributed by atoms with Crippen LogP contribution in [0.25, 0.3) is 0 Å². The van der Waals surface area contributed by atoms with E-state index in [9.17, 15) is 18.4 Å². The van der Waals surface area contributed by atoms with E-state index >= 15 is 0 Å². The second-order valence-electron chi connectivity index (χ2n) is 5.91. The molecule has 5 nitrogen and oxygen atoms in total. The fourth-order valence-electron chi connectivity index (χ4n) is 1.77. The van der Waals surface area contributed by atoms with Crippen LogP contribution in [0.1, 0.15) is 32.8 Å². The van der Waals surface area contributed by atoms with Crippen molar-refractivity contribution in [2.24, 2.45) is 0 Å². The highest BCUT2D eigenvalue weighted by Crippen LogP contribution is 2.23. The number of rotatable bonds is 5. The molecule has 2 N–H and O–H groups in total. The molecule has 1 amide bonds. The summed E-state index contributed by atoms with van der Waals surface area (Å²) < 4.78 is 31.8. The molecule has 0 fully saturated rings. The Labute approximate surface area is 137 Å². The van der Waals surface area contributed by atoms with Crippen LogP contribution in [0.15, 0.2) is 12.1 Å². The molecule has 1 atom stereocenters. The van der Waals surface area contributed by atoms with Gasteiger partial charge in [0.2, 0.25) is 0 Å². The molecule has 1 aromatic carbocycles. The number of carboxylic acids is 1. The maximum absolute atomic E-state index is 13.8. The number of hydrogen-bond donors (Lipinski definition) is 2. The number of benzene rings is 1. The van der Waals surface area contributed by atoms with Gasteiger partial charge in [-0.2, -0.15) is 0 Å². The number of aryl methyl sites for hydroxylation is 1. The molecule has 1 aromatic rings. The van der Waals surface area contributed by atoms with Crippen molar-refractivity contribution < 1.29 is 28.2 Å². The summed E-state index contributed by atoms with van der Waals surface area (Å²) in [6.07, 6.45) is -1.03. The third-order valence-electron chi connectivity index (χ3n) is 2.81. The maximum Gasteiger partial charge on any atom is 0.408 e. The van der Waals surface area contributed by atoms with Crippen molar-refractivity contribution in [3.8, 4) is 0 Å². The van der Waals surface area contributed by atoms with Crippen molar-refractivity contribution >= 4 is 23.7 Å². The third kappa shape index (κ3) is 6.02. The minimum atomic E-state index is -1.29. The monoisotopic (exact) mass is 349 g/mol. The van der Waals surface area contributed by atoms with E-state index in [4.69, 9.17) is 21.4 Å². The van der Waals surface area contributed by atoms with Gasteiger partial charge in [0.05, 0.1) is 0 Å². The number of aliphatic carboxylic acids is 1. The zero-order valence-electron chi connectivity index (χ0n) is 13.0. The van der Waals surface area contributed by atoms with Crippen LogP contribution in [0.5, 0.6) is 0 Å². The van der Waals surface area contributed by atoms with Gasteiger partial charge in [-0.05, 0) is 45.2 Å². The molecule has 0 bridgehead atoms. The van der Waals surface area contributed by atoms with Gasteiger partial charge in [-0.15, -0.1) is 0 Å². The molecule has 8 heteroatoms. The molecule has 128 valence electrons. The van der Waals surface area contributed by atoms with E-state index in [-0.39, 0.29) is 18.4 Å². The van der Waals surface area contributed by atoms with Gasteiger partial charge in [0.15, 0.2) is 0 Å². The summed E-state index contributed by atoms with van der Waals surface area (Å²) in [4.78, 5) is 22.8. The molecule has 23 heavy (non-hydrogen) atoms. The molecule has 0 spiro atoms. The SMILES string of the molecule is CC(C)(C)OC(=O)N[C@@H](CCc1ccc(F)c(Cl)c1F)C(=O)O. The van der Waals surface area contributed by atoms with Crippen molar-refractivity contribution in [2.75, 3.05) is 0 Å². The molecule has 0 aliphatic carbocycles. The van der Waals surface area contributed by atoms with E-state index in [0.29, 0.717) is 0 Å². The summed E-state index contributed by atoms with van der Waals surface area (Å²) in [7, 11) is 0. The Morgan fingerprint density at radius 3 is 2.48 bits per heavy atom. The van der Waals surface area contributed by atoms with Gasteiger partial charge in [-0.3, -0.25) is 0 Å². The second kappa shape index (κ2) is 7.59. The lowest BCUT2D eigenvalue weighted by Crippen LogP contribution is -2.43. The zero-order valence-corrected chi connectivity index (χ0v) is 13.7. The smallest absolute Gasteiger partial charge is 0.408 e. The van der Waals surface area contributed by atoms with Gasteiger partial charge in [0.25, 0.3) is 0 Å². The zero-order chi connectivity index (χ0) is 17.8. The Kier molecular flexibility index (Phi) is 6.32. The largest absolute Gasteiger partial charge is 0.480 e. The van der Waals surface area contributed by atoms with Gasteiger partial charge in [-0.1, -0.05) is 17.7 Å². The van der Waals surface area contributed by atoms with Crippen molar-refractivity contribution in [2.45, 2.75) is 45.3 Å². The minimum Gasteiger partial charge on any atom is -0.480 e. The van der Waals surface area contributed by atoms with Crippen molar-refractivity contribution in [3.63, 3.8) is 0 Å². The van der Waals surface area contributed by atoms with Crippen LogP contribution >= 0.6 is 11.6 Å². The van der Waals surface area contributed by atoms with Crippen LogP contribution in [0.2, 0.25) is 5.02 Å². The summed E-state index contributed by atoms with van der Waals surface area (Å²) in [6, 6.07) is 0.911. The minimum absolute atomic E-state index is 0.0431. The first-order valence-electron chi connectivity index (χ1n) is 6.86. The summed E-state index contributed by atoms with van der Waals surface area (Å²) in [5, 5.41) is 10.7. The molecule has 0 heterocycles. The molecule has 0 aromatic heterocycles. The van der Waals surface area contributed by atoms with E-state index in [2.05, 4.69) is 5.32 Å². The Balaban J connectivity index is 2.73. The third-order valence-corrected chi connectivity index (χ3v) is 3.15. The van der Waals surface area contributed by atoms with Crippen molar-refractivity contribution in [1.82, 2.24) is 5.32 Å². The number of carbonyl (C=O) groups excluding carboxylic acids is 1. The molecule has 0 radical (unpaired) electrons. The normalized spacial score (nSPS) is 12.6. The lowest BCUT2D eigenvalue weighted by atomic mass is 10.0. The Bertz CT molecular complexity index is 602. The quantitative estimate of drug-likeness (QED) is 0.797. The fraction of sp³-hybridized carbons (Fsp3) is 0.467. The molecule has 0 unspecified atom stereocenters. The highest BCUT2D eigenvalue weighted by atomic mass is 35.5. The predicted molar refractivity (Wildman–Crippen MR) is 80.5 cm³/mol. The van der Waals surface area contributed by atoms with Crippen LogP contribution in [-0.4, -0.2) is 28.8 Å². The fourth-order valence-corrected chi connectivity index (χ4v) is 1.95. The molecular weight excluding hydrogens is 332 g/mol. The molecule has 1 rings (SSSR count).